The van der Waals surface area contributed by atoms with Crippen LogP contribution in [0.1, 0.15) is 45.2 Å². The smallest absolute Gasteiger partial charge is 0.188 e. The van der Waals surface area contributed by atoms with Gasteiger partial charge in [-0.25, -0.2) is 0 Å². The normalized spacial score (nSPS) is 13.3. The first kappa shape index (κ1) is 14.5. The number of nitrogens with zero attached hydrogens (tertiary/aromatic N) is 2. The van der Waals surface area contributed by atoms with Gasteiger partial charge in [-0.3, -0.25) is 4.98 Å². The molecule has 0 aliphatic rings. The third-order valence-corrected chi connectivity index (χ3v) is 2.94. The Balaban J connectivity index is 2.39. The van der Waals surface area contributed by atoms with Crippen molar-refractivity contribution in [3.63, 3.8) is 0 Å². The van der Waals surface area contributed by atoms with Crippen LogP contribution in [0.2, 0.25) is 0 Å². The van der Waals surface area contributed by atoms with Gasteiger partial charge < -0.3 is 10.6 Å². The highest BCUT2D eigenvalue weighted by molar-refractivity contribution is 5.95. The molecule has 0 aliphatic carbocycles. The Bertz CT molecular complexity index is 351. The second kappa shape index (κ2) is 8.50. The first-order chi connectivity index (χ1) is 8.77. The Morgan fingerprint density at radius 3 is 2.89 bits per heavy atom. The van der Waals surface area contributed by atoms with E-state index in [1.165, 1.54) is 19.3 Å². The fourth-order valence-corrected chi connectivity index (χ4v) is 1.67. The lowest BCUT2D eigenvalue weighted by Crippen LogP contribution is -2.16. The fraction of sp³-hybridized carbons (Fsp3) is 0.571. The number of unbranched alkanes of at least 4 members (excludes halogenated alkanes) is 1. The van der Waals surface area contributed by atoms with Crippen LogP contribution >= 0.6 is 0 Å². The maximum atomic E-state index is 5.79. The quantitative estimate of drug-likeness (QED) is 0.438. The molecule has 0 aliphatic heterocycles. The molecule has 0 aromatic carbocycles. The first-order valence-corrected chi connectivity index (χ1v) is 6.64. The summed E-state index contributed by atoms with van der Waals surface area (Å²) in [4.78, 5) is 9.43. The predicted octanol–water partition coefficient (Wildman–Crippen LogP) is 2.93. The van der Waals surface area contributed by atoms with Crippen molar-refractivity contribution in [3.05, 3.63) is 30.1 Å². The van der Waals surface area contributed by atoms with E-state index in [1.54, 1.807) is 6.20 Å². The van der Waals surface area contributed by atoms with Gasteiger partial charge in [0.1, 0.15) is 12.3 Å². The van der Waals surface area contributed by atoms with Crippen LogP contribution in [0.5, 0.6) is 0 Å². The Morgan fingerprint density at radius 1 is 1.44 bits per heavy atom. The van der Waals surface area contributed by atoms with Gasteiger partial charge in [-0.15, -0.1) is 0 Å². The number of hydrogen-bond donors (Lipinski definition) is 1. The van der Waals surface area contributed by atoms with Crippen LogP contribution < -0.4 is 5.73 Å². The van der Waals surface area contributed by atoms with Crippen molar-refractivity contribution in [2.45, 2.75) is 39.5 Å². The summed E-state index contributed by atoms with van der Waals surface area (Å²) >= 11 is 0. The topological polar surface area (TPSA) is 60.5 Å². The standard InChI is InChI=1S/C14H23N3O/c1-3-5-8-12(4-2)11-18-17-14(15)13-9-6-7-10-16-13/h6-7,9-10,12H,3-5,8,11H2,1-2H3,(H2,15,17). The van der Waals surface area contributed by atoms with Crippen LogP contribution in [0.15, 0.2) is 29.6 Å². The number of aromatic nitrogens is 1. The van der Waals surface area contributed by atoms with Gasteiger partial charge in [-0.2, -0.15) is 0 Å². The highest BCUT2D eigenvalue weighted by Crippen LogP contribution is 2.12. The van der Waals surface area contributed by atoms with E-state index >= 15 is 0 Å². The van der Waals surface area contributed by atoms with E-state index in [4.69, 9.17) is 10.6 Å². The number of rotatable bonds is 8. The van der Waals surface area contributed by atoms with Gasteiger partial charge in [-0.05, 0) is 30.9 Å². The minimum Gasteiger partial charge on any atom is -0.394 e. The summed E-state index contributed by atoms with van der Waals surface area (Å²) < 4.78 is 0. The minimum atomic E-state index is 0.334. The summed E-state index contributed by atoms with van der Waals surface area (Å²) in [7, 11) is 0. The van der Waals surface area contributed by atoms with Crippen LogP contribution in [-0.2, 0) is 4.84 Å². The van der Waals surface area contributed by atoms with Gasteiger partial charge >= 0.3 is 0 Å². The van der Waals surface area contributed by atoms with Crippen LogP contribution in [0.4, 0.5) is 0 Å². The molecule has 2 N–H and O–H groups in total. The number of amidine groups is 1. The Hall–Kier alpha value is -1.58. The molecule has 100 valence electrons. The van der Waals surface area contributed by atoms with Gasteiger partial charge in [0.25, 0.3) is 0 Å². The SMILES string of the molecule is CCCCC(CC)CO/N=C(\N)c1ccccn1. The molecule has 1 heterocycles. The minimum absolute atomic E-state index is 0.334. The van der Waals surface area contributed by atoms with E-state index in [2.05, 4.69) is 24.0 Å². The zero-order valence-corrected chi connectivity index (χ0v) is 11.3. The molecule has 0 bridgehead atoms. The number of oxime groups is 1. The summed E-state index contributed by atoms with van der Waals surface area (Å²) in [6.07, 6.45) is 6.44. The summed E-state index contributed by atoms with van der Waals surface area (Å²) in [6, 6.07) is 5.53. The van der Waals surface area contributed by atoms with Gasteiger partial charge in [-0.1, -0.05) is 37.9 Å². The van der Waals surface area contributed by atoms with E-state index in [9.17, 15) is 0 Å². The average molecular weight is 249 g/mol. The fourth-order valence-electron chi connectivity index (χ4n) is 1.67. The molecule has 4 heteroatoms. The molecule has 0 saturated heterocycles. The van der Waals surface area contributed by atoms with Crippen molar-refractivity contribution in [1.82, 2.24) is 4.98 Å². The Labute approximate surface area is 109 Å². The Morgan fingerprint density at radius 2 is 2.28 bits per heavy atom. The van der Waals surface area contributed by atoms with Gasteiger partial charge in [0.2, 0.25) is 0 Å². The lowest BCUT2D eigenvalue weighted by molar-refractivity contribution is 0.101. The van der Waals surface area contributed by atoms with Crippen molar-refractivity contribution in [1.29, 1.82) is 0 Å². The maximum Gasteiger partial charge on any atom is 0.188 e. The van der Waals surface area contributed by atoms with Crippen LogP contribution in [0.3, 0.4) is 0 Å². The third kappa shape index (κ3) is 5.17. The van der Waals surface area contributed by atoms with Gasteiger partial charge in [0, 0.05) is 6.20 Å². The zero-order valence-electron chi connectivity index (χ0n) is 11.3. The molecular formula is C14H23N3O. The molecule has 4 nitrogen and oxygen atoms in total. The summed E-state index contributed by atoms with van der Waals surface area (Å²) in [5, 5.41) is 3.92. The van der Waals surface area contributed by atoms with Crippen molar-refractivity contribution in [2.24, 2.45) is 16.8 Å². The average Bonchev–Trinajstić information content (AvgIpc) is 2.43. The molecule has 0 saturated carbocycles. The Kier molecular flexibility index (Phi) is 6.84. The highest BCUT2D eigenvalue weighted by atomic mass is 16.6. The predicted molar refractivity (Wildman–Crippen MR) is 74.2 cm³/mol. The van der Waals surface area contributed by atoms with E-state index in [0.29, 0.717) is 24.1 Å². The molecule has 0 spiro atoms. The molecule has 0 radical (unpaired) electrons. The molecule has 0 fully saturated rings. The number of hydrogen-bond acceptors (Lipinski definition) is 3. The summed E-state index contributed by atoms with van der Waals surface area (Å²) in [6.45, 7) is 5.00. The van der Waals surface area contributed by atoms with Crippen LogP contribution in [0, 0.1) is 5.92 Å². The van der Waals surface area contributed by atoms with Gasteiger partial charge in [0.15, 0.2) is 5.84 Å². The monoisotopic (exact) mass is 249 g/mol. The maximum absolute atomic E-state index is 5.79. The van der Waals surface area contributed by atoms with Crippen molar-refractivity contribution >= 4 is 5.84 Å². The third-order valence-electron chi connectivity index (χ3n) is 2.94. The lowest BCUT2D eigenvalue weighted by Gasteiger charge is -2.12. The summed E-state index contributed by atoms with van der Waals surface area (Å²) in [5.41, 5.74) is 6.44. The van der Waals surface area contributed by atoms with E-state index in [-0.39, 0.29) is 0 Å². The van der Waals surface area contributed by atoms with E-state index in [1.807, 2.05) is 18.2 Å². The molecule has 1 atom stereocenters. The number of pyridine rings is 1. The molecular weight excluding hydrogens is 226 g/mol. The second-order valence-corrected chi connectivity index (χ2v) is 4.40. The first-order valence-electron chi connectivity index (χ1n) is 6.64. The summed E-state index contributed by atoms with van der Waals surface area (Å²) in [5.74, 6) is 0.895. The van der Waals surface area contributed by atoms with Crippen molar-refractivity contribution in [2.75, 3.05) is 6.61 Å². The highest BCUT2D eigenvalue weighted by Gasteiger charge is 2.06. The molecule has 18 heavy (non-hydrogen) atoms. The lowest BCUT2D eigenvalue weighted by atomic mass is 10.0. The molecule has 0 amide bonds. The number of nitrogens with two attached hydrogens (primary N) is 1. The largest absolute Gasteiger partial charge is 0.394 e. The zero-order chi connectivity index (χ0) is 13.2. The van der Waals surface area contributed by atoms with E-state index in [0.717, 1.165) is 6.42 Å². The molecule has 1 aromatic rings. The second-order valence-electron chi connectivity index (χ2n) is 4.40. The molecule has 1 aromatic heterocycles. The van der Waals surface area contributed by atoms with Crippen LogP contribution in [-0.4, -0.2) is 17.4 Å². The van der Waals surface area contributed by atoms with Crippen LogP contribution in [0.25, 0.3) is 0 Å². The van der Waals surface area contributed by atoms with E-state index < -0.39 is 0 Å². The van der Waals surface area contributed by atoms with Crippen molar-refractivity contribution in [3.8, 4) is 0 Å². The van der Waals surface area contributed by atoms with Gasteiger partial charge in [0.05, 0.1) is 0 Å². The van der Waals surface area contributed by atoms with Crippen molar-refractivity contribution < 1.29 is 4.84 Å². The molecule has 1 unspecified atom stereocenters. The molecule has 1 rings (SSSR count).